The van der Waals surface area contributed by atoms with Crippen molar-refractivity contribution in [1.82, 2.24) is 15.3 Å². The Labute approximate surface area is 139 Å². The normalized spacial score (nSPS) is 11.7. The van der Waals surface area contributed by atoms with Gasteiger partial charge < -0.3 is 5.32 Å². The molecule has 1 amide bonds. The second kappa shape index (κ2) is 7.46. The van der Waals surface area contributed by atoms with Crippen molar-refractivity contribution in [3.63, 3.8) is 0 Å². The lowest BCUT2D eigenvalue weighted by Crippen LogP contribution is -2.30. The van der Waals surface area contributed by atoms with Crippen LogP contribution in [0.2, 0.25) is 0 Å². The summed E-state index contributed by atoms with van der Waals surface area (Å²) in [5.41, 5.74) is 2.27. The predicted octanol–water partition coefficient (Wildman–Crippen LogP) is 3.06. The van der Waals surface area contributed by atoms with E-state index in [1.807, 2.05) is 18.2 Å². The molecule has 0 aliphatic heterocycles. The van der Waals surface area contributed by atoms with Gasteiger partial charge >= 0.3 is 0 Å². The summed E-state index contributed by atoms with van der Waals surface area (Å²) in [5.74, 6) is -1.11. The fourth-order valence-corrected chi connectivity index (χ4v) is 2.45. The second-order valence-corrected chi connectivity index (χ2v) is 5.31. The van der Waals surface area contributed by atoms with Gasteiger partial charge in [0.25, 0.3) is 0 Å². The Morgan fingerprint density at radius 1 is 1.00 bits per heavy atom. The number of pyridine rings is 2. The summed E-state index contributed by atoms with van der Waals surface area (Å²) in [6.07, 6.45) is 5.00. The monoisotopic (exact) mass is 321 g/mol. The number of rotatable bonds is 5. The van der Waals surface area contributed by atoms with Crippen molar-refractivity contribution in [3.8, 4) is 0 Å². The molecule has 4 nitrogen and oxygen atoms in total. The molecule has 120 valence electrons. The molecular weight excluding hydrogens is 305 g/mol. The number of hydrogen-bond donors (Lipinski definition) is 1. The van der Waals surface area contributed by atoms with Gasteiger partial charge in [0.05, 0.1) is 5.69 Å². The maximum absolute atomic E-state index is 13.2. The zero-order chi connectivity index (χ0) is 16.8. The molecule has 0 spiro atoms. The minimum atomic E-state index is -0.589. The lowest BCUT2D eigenvalue weighted by molar-refractivity contribution is -0.121. The summed E-state index contributed by atoms with van der Waals surface area (Å²) in [6, 6.07) is 15.0. The molecule has 0 fully saturated rings. The van der Waals surface area contributed by atoms with Crippen LogP contribution >= 0.6 is 0 Å². The van der Waals surface area contributed by atoms with E-state index in [1.54, 1.807) is 42.9 Å². The van der Waals surface area contributed by atoms with Crippen LogP contribution in [0.3, 0.4) is 0 Å². The van der Waals surface area contributed by atoms with Gasteiger partial charge in [0.2, 0.25) is 5.91 Å². The first kappa shape index (κ1) is 15.8. The van der Waals surface area contributed by atoms with Crippen molar-refractivity contribution in [2.24, 2.45) is 0 Å². The Kier molecular flexibility index (Phi) is 4.91. The summed E-state index contributed by atoms with van der Waals surface area (Å²) < 4.78 is 13.2. The highest BCUT2D eigenvalue weighted by atomic mass is 19.1. The standard InChI is InChI=1S/C19H16FN3O/c20-16-6-4-15(5-7-16)18(17-3-1-2-10-22-17)19(24)23-13-14-8-11-21-12-9-14/h1-12,18H,13H2,(H,23,24). The van der Waals surface area contributed by atoms with Gasteiger partial charge in [-0.25, -0.2) is 4.39 Å². The van der Waals surface area contributed by atoms with E-state index in [0.717, 1.165) is 5.56 Å². The van der Waals surface area contributed by atoms with Crippen LogP contribution in [0, 0.1) is 5.82 Å². The fraction of sp³-hybridized carbons (Fsp3) is 0.105. The van der Waals surface area contributed by atoms with Gasteiger partial charge in [-0.3, -0.25) is 14.8 Å². The number of aromatic nitrogens is 2. The summed E-state index contributed by atoms with van der Waals surface area (Å²) >= 11 is 0. The molecule has 5 heteroatoms. The highest BCUT2D eigenvalue weighted by Gasteiger charge is 2.23. The summed E-state index contributed by atoms with van der Waals surface area (Å²) in [4.78, 5) is 21.0. The van der Waals surface area contributed by atoms with Crippen molar-refractivity contribution < 1.29 is 9.18 Å². The molecule has 1 unspecified atom stereocenters. The first-order chi connectivity index (χ1) is 11.7. The minimum absolute atomic E-state index is 0.183. The maximum atomic E-state index is 13.2. The number of carbonyl (C=O) groups is 1. The number of carbonyl (C=O) groups excluding carboxylic acids is 1. The van der Waals surface area contributed by atoms with Crippen LogP contribution in [0.1, 0.15) is 22.7 Å². The largest absolute Gasteiger partial charge is 0.351 e. The lowest BCUT2D eigenvalue weighted by atomic mass is 9.94. The molecule has 1 atom stereocenters. The van der Waals surface area contributed by atoms with E-state index in [1.165, 1.54) is 12.1 Å². The molecule has 24 heavy (non-hydrogen) atoms. The van der Waals surface area contributed by atoms with E-state index in [9.17, 15) is 9.18 Å². The van der Waals surface area contributed by atoms with Crippen LogP contribution in [-0.2, 0) is 11.3 Å². The van der Waals surface area contributed by atoms with Crippen molar-refractivity contribution in [1.29, 1.82) is 0 Å². The van der Waals surface area contributed by atoms with Gasteiger partial charge in [-0.05, 0) is 47.5 Å². The smallest absolute Gasteiger partial charge is 0.233 e. The maximum Gasteiger partial charge on any atom is 0.233 e. The summed E-state index contributed by atoms with van der Waals surface area (Å²) in [5, 5.41) is 2.91. The van der Waals surface area contributed by atoms with Crippen molar-refractivity contribution >= 4 is 5.91 Å². The second-order valence-electron chi connectivity index (χ2n) is 5.31. The molecule has 0 bridgehead atoms. The minimum Gasteiger partial charge on any atom is -0.351 e. The molecule has 2 aromatic heterocycles. The zero-order valence-electron chi connectivity index (χ0n) is 12.9. The van der Waals surface area contributed by atoms with Crippen molar-refractivity contribution in [2.75, 3.05) is 0 Å². The summed E-state index contributed by atoms with van der Waals surface area (Å²) in [6.45, 7) is 0.395. The van der Waals surface area contributed by atoms with Gasteiger partial charge in [-0.1, -0.05) is 18.2 Å². The molecule has 1 aromatic carbocycles. The lowest BCUT2D eigenvalue weighted by Gasteiger charge is -2.17. The first-order valence-corrected chi connectivity index (χ1v) is 7.57. The highest BCUT2D eigenvalue weighted by Crippen LogP contribution is 2.23. The van der Waals surface area contributed by atoms with E-state index >= 15 is 0 Å². The Morgan fingerprint density at radius 3 is 2.42 bits per heavy atom. The quantitative estimate of drug-likeness (QED) is 0.786. The van der Waals surface area contributed by atoms with Crippen molar-refractivity contribution in [2.45, 2.75) is 12.5 Å². The number of amides is 1. The van der Waals surface area contributed by atoms with Crippen LogP contribution in [0.15, 0.2) is 73.2 Å². The Bertz CT molecular complexity index is 792. The van der Waals surface area contributed by atoms with Gasteiger partial charge in [0.1, 0.15) is 11.7 Å². The van der Waals surface area contributed by atoms with Gasteiger partial charge in [0, 0.05) is 25.1 Å². The third-order valence-corrected chi connectivity index (χ3v) is 3.67. The van der Waals surface area contributed by atoms with Crippen LogP contribution in [0.4, 0.5) is 4.39 Å². The highest BCUT2D eigenvalue weighted by molar-refractivity contribution is 5.86. The third kappa shape index (κ3) is 3.81. The van der Waals surface area contributed by atoms with E-state index in [4.69, 9.17) is 0 Å². The molecule has 0 aliphatic carbocycles. The number of nitrogens with zero attached hydrogens (tertiary/aromatic N) is 2. The molecule has 3 aromatic rings. The predicted molar refractivity (Wildman–Crippen MR) is 88.6 cm³/mol. The summed E-state index contributed by atoms with van der Waals surface area (Å²) in [7, 11) is 0. The molecule has 2 heterocycles. The van der Waals surface area contributed by atoms with Crippen LogP contribution in [0.5, 0.6) is 0 Å². The van der Waals surface area contributed by atoms with E-state index < -0.39 is 5.92 Å². The first-order valence-electron chi connectivity index (χ1n) is 7.57. The number of nitrogens with one attached hydrogen (secondary N) is 1. The molecular formula is C19H16FN3O. The molecule has 1 N–H and O–H groups in total. The zero-order valence-corrected chi connectivity index (χ0v) is 12.9. The van der Waals surface area contributed by atoms with Crippen LogP contribution in [-0.4, -0.2) is 15.9 Å². The van der Waals surface area contributed by atoms with Crippen LogP contribution in [0.25, 0.3) is 0 Å². The number of hydrogen-bond acceptors (Lipinski definition) is 3. The average molecular weight is 321 g/mol. The van der Waals surface area contributed by atoms with Gasteiger partial charge in [0.15, 0.2) is 0 Å². The average Bonchev–Trinajstić information content (AvgIpc) is 2.64. The van der Waals surface area contributed by atoms with Crippen LogP contribution < -0.4 is 5.32 Å². The van der Waals surface area contributed by atoms with E-state index in [-0.39, 0.29) is 11.7 Å². The number of halogens is 1. The molecule has 3 rings (SSSR count). The van der Waals surface area contributed by atoms with E-state index in [2.05, 4.69) is 15.3 Å². The molecule has 0 saturated heterocycles. The van der Waals surface area contributed by atoms with Gasteiger partial charge in [-0.15, -0.1) is 0 Å². The topological polar surface area (TPSA) is 54.9 Å². The number of benzene rings is 1. The Hall–Kier alpha value is -3.08. The Balaban J connectivity index is 1.84. The Morgan fingerprint density at radius 2 is 1.75 bits per heavy atom. The third-order valence-electron chi connectivity index (χ3n) is 3.67. The van der Waals surface area contributed by atoms with Gasteiger partial charge in [-0.2, -0.15) is 0 Å². The molecule has 0 radical (unpaired) electrons. The van der Waals surface area contributed by atoms with E-state index in [0.29, 0.717) is 17.8 Å². The SMILES string of the molecule is O=C(NCc1ccncc1)C(c1ccc(F)cc1)c1ccccn1. The van der Waals surface area contributed by atoms with Crippen molar-refractivity contribution in [3.05, 3.63) is 95.8 Å². The fourth-order valence-electron chi connectivity index (χ4n) is 2.45. The molecule has 0 aliphatic rings. The molecule has 0 saturated carbocycles.